The third-order valence-electron chi connectivity index (χ3n) is 1.94. The molecule has 6 heteroatoms. The van der Waals surface area contributed by atoms with Crippen LogP contribution in [0.4, 0.5) is 0 Å². The number of rotatable bonds is 10. The number of ether oxygens (including phenoxy) is 3. The molecule has 0 bridgehead atoms. The summed E-state index contributed by atoms with van der Waals surface area (Å²) in [5.74, 6) is -0.551. The van der Waals surface area contributed by atoms with Crippen LogP contribution in [-0.4, -0.2) is 55.5 Å². The van der Waals surface area contributed by atoms with E-state index in [4.69, 9.17) is 19.3 Å². The Kier molecular flexibility index (Phi) is 10.6. The Hall–Kier alpha value is -0.950. The highest BCUT2D eigenvalue weighted by molar-refractivity contribution is 5.87. The highest BCUT2D eigenvalue weighted by atomic mass is 16.7. The summed E-state index contributed by atoms with van der Waals surface area (Å²) in [6.07, 6.45) is 1.17. The molecule has 0 amide bonds. The number of esters is 1. The molecular weight excluding hydrogens is 240 g/mol. The minimum atomic E-state index is -1.28. The zero-order chi connectivity index (χ0) is 13.8. The van der Waals surface area contributed by atoms with Crippen molar-refractivity contribution in [2.75, 3.05) is 33.0 Å². The van der Waals surface area contributed by atoms with Crippen molar-refractivity contribution in [1.29, 1.82) is 0 Å². The van der Waals surface area contributed by atoms with Crippen molar-refractivity contribution in [2.24, 2.45) is 0 Å². The molecular formula is C12H22O6. The van der Waals surface area contributed by atoms with E-state index in [-0.39, 0.29) is 26.4 Å². The van der Waals surface area contributed by atoms with Crippen molar-refractivity contribution in [1.82, 2.24) is 0 Å². The molecule has 0 rings (SSSR count). The van der Waals surface area contributed by atoms with Gasteiger partial charge in [0.1, 0.15) is 6.61 Å². The maximum absolute atomic E-state index is 11.4. The molecule has 0 aromatic rings. The van der Waals surface area contributed by atoms with Gasteiger partial charge >= 0.3 is 5.97 Å². The molecule has 0 spiro atoms. The smallest absolute Gasteiger partial charge is 0.335 e. The van der Waals surface area contributed by atoms with Crippen LogP contribution in [0.25, 0.3) is 0 Å². The Bertz CT molecular complexity index is 251. The molecule has 18 heavy (non-hydrogen) atoms. The van der Waals surface area contributed by atoms with Crippen molar-refractivity contribution in [3.63, 3.8) is 0 Å². The van der Waals surface area contributed by atoms with Crippen LogP contribution in [-0.2, 0) is 19.0 Å². The second-order valence-electron chi connectivity index (χ2n) is 3.57. The molecule has 1 unspecified atom stereocenters. The number of aliphatic hydroxyl groups is 2. The third-order valence-corrected chi connectivity index (χ3v) is 1.94. The molecule has 0 aromatic heterocycles. The van der Waals surface area contributed by atoms with Crippen molar-refractivity contribution in [3.05, 3.63) is 11.6 Å². The summed E-state index contributed by atoms with van der Waals surface area (Å²) in [5.41, 5.74) is 0.461. The van der Waals surface area contributed by atoms with Crippen LogP contribution >= 0.6 is 0 Å². The molecule has 0 aliphatic carbocycles. The number of aliphatic hydroxyl groups excluding tert-OH is 2. The summed E-state index contributed by atoms with van der Waals surface area (Å²) in [6, 6.07) is 0. The molecule has 0 saturated heterocycles. The van der Waals surface area contributed by atoms with E-state index in [2.05, 4.69) is 0 Å². The van der Waals surface area contributed by atoms with Crippen LogP contribution in [0.2, 0.25) is 0 Å². The summed E-state index contributed by atoms with van der Waals surface area (Å²) < 4.78 is 14.7. The Labute approximate surface area is 107 Å². The van der Waals surface area contributed by atoms with Crippen molar-refractivity contribution in [2.45, 2.75) is 26.6 Å². The predicted octanol–water partition coefficient (Wildman–Crippen LogP) is 0.230. The average molecular weight is 262 g/mol. The number of hydrogen-bond donors (Lipinski definition) is 2. The highest BCUT2D eigenvalue weighted by Gasteiger charge is 2.12. The molecule has 0 saturated carbocycles. The topological polar surface area (TPSA) is 85.2 Å². The van der Waals surface area contributed by atoms with Gasteiger partial charge in [-0.05, 0) is 13.3 Å². The molecule has 0 aromatic carbocycles. The lowest BCUT2D eigenvalue weighted by molar-refractivity contribution is -0.173. The second kappa shape index (κ2) is 11.2. The first-order valence-corrected chi connectivity index (χ1v) is 5.94. The molecule has 0 aliphatic heterocycles. The number of carbonyl (C=O) groups excluding carboxylic acids is 1. The van der Waals surface area contributed by atoms with Crippen LogP contribution in [0.15, 0.2) is 11.6 Å². The summed E-state index contributed by atoms with van der Waals surface area (Å²) in [6.45, 7) is 4.22. The predicted molar refractivity (Wildman–Crippen MR) is 64.9 cm³/mol. The van der Waals surface area contributed by atoms with Crippen molar-refractivity contribution >= 4 is 5.97 Å². The molecule has 6 nitrogen and oxygen atoms in total. The van der Waals surface area contributed by atoms with E-state index in [1.54, 1.807) is 13.0 Å². The van der Waals surface area contributed by atoms with Gasteiger partial charge in [0.25, 0.3) is 0 Å². The van der Waals surface area contributed by atoms with Crippen LogP contribution in [0.5, 0.6) is 0 Å². The van der Waals surface area contributed by atoms with E-state index in [9.17, 15) is 9.90 Å². The lowest BCUT2D eigenvalue weighted by Gasteiger charge is -2.12. The summed E-state index contributed by atoms with van der Waals surface area (Å²) in [4.78, 5) is 11.4. The van der Waals surface area contributed by atoms with E-state index in [1.807, 2.05) is 6.92 Å². The first kappa shape index (κ1) is 17.1. The van der Waals surface area contributed by atoms with Gasteiger partial charge in [0.15, 0.2) is 0 Å². The van der Waals surface area contributed by atoms with Crippen molar-refractivity contribution in [3.8, 4) is 0 Å². The maximum atomic E-state index is 11.4. The van der Waals surface area contributed by atoms with E-state index in [0.29, 0.717) is 12.2 Å². The van der Waals surface area contributed by atoms with E-state index in [0.717, 1.165) is 6.42 Å². The Morgan fingerprint density at radius 1 is 1.28 bits per heavy atom. The quantitative estimate of drug-likeness (QED) is 0.254. The first-order chi connectivity index (χ1) is 8.61. The fourth-order valence-corrected chi connectivity index (χ4v) is 1.11. The zero-order valence-corrected chi connectivity index (χ0v) is 10.9. The van der Waals surface area contributed by atoms with Crippen LogP contribution in [0, 0.1) is 0 Å². The van der Waals surface area contributed by atoms with Gasteiger partial charge in [-0.15, -0.1) is 0 Å². The summed E-state index contributed by atoms with van der Waals surface area (Å²) in [5, 5.41) is 17.8. The monoisotopic (exact) mass is 262 g/mol. The summed E-state index contributed by atoms with van der Waals surface area (Å²) in [7, 11) is 0. The molecule has 0 aliphatic rings. The SMILES string of the molecule is CC/C=C(\C)C(=O)OC(O)COCCOCCO. The van der Waals surface area contributed by atoms with Gasteiger partial charge in [-0.3, -0.25) is 0 Å². The standard InChI is InChI=1S/C12H22O6/c1-3-4-10(2)12(15)18-11(14)9-17-8-7-16-6-5-13/h4,11,13-14H,3,5-9H2,1-2H3/b10-4+. The average Bonchev–Trinajstić information content (AvgIpc) is 2.33. The number of hydrogen-bond acceptors (Lipinski definition) is 6. The van der Waals surface area contributed by atoms with Gasteiger partial charge < -0.3 is 24.4 Å². The van der Waals surface area contributed by atoms with E-state index >= 15 is 0 Å². The summed E-state index contributed by atoms with van der Waals surface area (Å²) >= 11 is 0. The minimum Gasteiger partial charge on any atom is -0.430 e. The minimum absolute atomic E-state index is 0.0384. The Morgan fingerprint density at radius 3 is 2.56 bits per heavy atom. The lowest BCUT2D eigenvalue weighted by atomic mass is 10.2. The normalized spacial score (nSPS) is 13.4. The fraction of sp³-hybridized carbons (Fsp3) is 0.750. The van der Waals surface area contributed by atoms with Gasteiger partial charge in [-0.1, -0.05) is 13.0 Å². The third kappa shape index (κ3) is 9.12. The molecule has 0 heterocycles. The molecule has 106 valence electrons. The Balaban J connectivity index is 3.62. The highest BCUT2D eigenvalue weighted by Crippen LogP contribution is 2.01. The van der Waals surface area contributed by atoms with Gasteiger partial charge in [0.05, 0.1) is 26.4 Å². The van der Waals surface area contributed by atoms with Crippen LogP contribution in [0.1, 0.15) is 20.3 Å². The molecule has 1 atom stereocenters. The first-order valence-electron chi connectivity index (χ1n) is 5.94. The van der Waals surface area contributed by atoms with Gasteiger partial charge in [-0.2, -0.15) is 0 Å². The molecule has 0 radical (unpaired) electrons. The van der Waals surface area contributed by atoms with Gasteiger partial charge in [0, 0.05) is 5.57 Å². The van der Waals surface area contributed by atoms with Gasteiger partial charge in [0.2, 0.25) is 6.29 Å². The fourth-order valence-electron chi connectivity index (χ4n) is 1.11. The molecule has 2 N–H and O–H groups in total. The maximum Gasteiger partial charge on any atom is 0.335 e. The zero-order valence-electron chi connectivity index (χ0n) is 10.9. The lowest BCUT2D eigenvalue weighted by Crippen LogP contribution is -2.24. The van der Waals surface area contributed by atoms with Crippen LogP contribution in [0.3, 0.4) is 0 Å². The van der Waals surface area contributed by atoms with E-state index in [1.165, 1.54) is 0 Å². The van der Waals surface area contributed by atoms with Crippen LogP contribution < -0.4 is 0 Å². The number of allylic oxidation sites excluding steroid dienone is 1. The second-order valence-corrected chi connectivity index (χ2v) is 3.57. The van der Waals surface area contributed by atoms with E-state index < -0.39 is 12.3 Å². The Morgan fingerprint density at radius 2 is 1.94 bits per heavy atom. The largest absolute Gasteiger partial charge is 0.430 e. The van der Waals surface area contributed by atoms with Crippen molar-refractivity contribution < 1.29 is 29.2 Å². The number of carbonyl (C=O) groups is 1. The van der Waals surface area contributed by atoms with Gasteiger partial charge in [-0.25, -0.2) is 4.79 Å². The molecule has 0 fully saturated rings.